The molecule has 44 heavy (non-hydrogen) atoms. The number of carbonyl (C=O) groups is 2. The Balaban J connectivity index is 1.37. The molecule has 0 radical (unpaired) electrons. The number of aryl methyl sites for hydroxylation is 2. The van der Waals surface area contributed by atoms with Crippen LogP contribution >= 0.6 is 0 Å². The Morgan fingerprint density at radius 2 is 1.80 bits per heavy atom. The number of pyridine rings is 1. The van der Waals surface area contributed by atoms with Gasteiger partial charge in [0.1, 0.15) is 5.75 Å². The largest absolute Gasteiger partial charge is 0.493 e. The zero-order valence-electron chi connectivity index (χ0n) is 25.2. The average molecular weight is 601 g/mol. The quantitative estimate of drug-likeness (QED) is 0.240. The van der Waals surface area contributed by atoms with Gasteiger partial charge in [-0.25, -0.2) is 4.39 Å². The van der Waals surface area contributed by atoms with E-state index < -0.39 is 17.6 Å². The summed E-state index contributed by atoms with van der Waals surface area (Å²) in [5.41, 5.74) is 9.28. The fourth-order valence-corrected chi connectivity index (χ4v) is 5.39. The van der Waals surface area contributed by atoms with Crippen LogP contribution in [0.2, 0.25) is 0 Å². The third kappa shape index (κ3) is 7.08. The van der Waals surface area contributed by atoms with Crippen LogP contribution in [0, 0.1) is 25.6 Å². The van der Waals surface area contributed by atoms with Crippen LogP contribution in [0.25, 0.3) is 10.9 Å². The maximum atomic E-state index is 15.5. The number of carbonyl (C=O) groups excluding carboxylic acids is 2. The van der Waals surface area contributed by atoms with Crippen LogP contribution < -0.4 is 30.2 Å². The number of halogens is 1. The Labute approximate surface area is 256 Å². The number of ether oxygens (including phenoxy) is 3. The molecule has 1 saturated heterocycles. The van der Waals surface area contributed by atoms with Gasteiger partial charge in [-0.3, -0.25) is 14.6 Å². The Kier molecular flexibility index (Phi) is 9.59. The van der Waals surface area contributed by atoms with Crippen molar-refractivity contribution < 1.29 is 28.2 Å². The molecule has 0 unspecified atom stereocenters. The number of hydrogen-bond acceptors (Lipinski definition) is 7. The molecule has 0 spiro atoms. The van der Waals surface area contributed by atoms with Gasteiger partial charge in [-0.2, -0.15) is 0 Å². The normalized spacial score (nSPS) is 13.5. The summed E-state index contributed by atoms with van der Waals surface area (Å²) < 4.78 is 33.2. The molecule has 2 heterocycles. The van der Waals surface area contributed by atoms with Crippen LogP contribution in [0.1, 0.15) is 29.5 Å². The Morgan fingerprint density at radius 3 is 2.52 bits per heavy atom. The second kappa shape index (κ2) is 13.7. The molecule has 230 valence electrons. The molecule has 2 amide bonds. The van der Waals surface area contributed by atoms with Gasteiger partial charge in [-0.05, 0) is 87.5 Å². The number of benzene rings is 3. The molecule has 3 aromatic carbocycles. The molecule has 1 aliphatic heterocycles. The zero-order chi connectivity index (χ0) is 31.2. The molecule has 5 rings (SSSR count). The molecule has 3 N–H and O–H groups in total. The van der Waals surface area contributed by atoms with Crippen molar-refractivity contribution in [3.8, 4) is 23.0 Å². The van der Waals surface area contributed by atoms with Gasteiger partial charge in [0.15, 0.2) is 23.1 Å². The first-order chi connectivity index (χ1) is 21.2. The molecular formula is C34H37FN4O5. The monoisotopic (exact) mass is 600 g/mol. The minimum Gasteiger partial charge on any atom is -0.493 e. The topological polar surface area (TPSA) is 116 Å². The molecule has 0 bridgehead atoms. The Bertz CT molecular complexity index is 1670. The molecule has 10 heteroatoms. The molecule has 1 aliphatic rings. The summed E-state index contributed by atoms with van der Waals surface area (Å²) in [6.07, 6.45) is 4.14. The van der Waals surface area contributed by atoms with Crippen molar-refractivity contribution in [3.63, 3.8) is 0 Å². The van der Waals surface area contributed by atoms with Gasteiger partial charge in [0.2, 0.25) is 0 Å². The van der Waals surface area contributed by atoms with Gasteiger partial charge < -0.3 is 30.2 Å². The van der Waals surface area contributed by atoms with Gasteiger partial charge in [-0.15, -0.1) is 0 Å². The summed E-state index contributed by atoms with van der Waals surface area (Å²) in [6, 6.07) is 15.3. The molecule has 4 aromatic rings. The fourth-order valence-electron chi connectivity index (χ4n) is 5.39. The number of anilines is 1. The standard InChI is InChI=1S/C34H37FN4O5/c1-21-4-5-22(2)24(16-21)11-15-39(34(41)33(36)40)25-6-7-30(27(35)17-25)44-29-10-14-38-28-19-32(31(42-3)18-26(28)29)43-20-23-8-12-37-13-9-23/h4-7,10,14,16-19,23,37H,8-9,11-13,15,20H2,1-3H3,(H2,36,40). The van der Waals surface area contributed by atoms with Crippen LogP contribution in [-0.2, 0) is 16.0 Å². The number of primary amides is 1. The second-order valence-electron chi connectivity index (χ2n) is 11.1. The van der Waals surface area contributed by atoms with Crippen LogP contribution in [0.5, 0.6) is 23.0 Å². The second-order valence-corrected chi connectivity index (χ2v) is 11.1. The minimum absolute atomic E-state index is 0.0625. The zero-order valence-corrected chi connectivity index (χ0v) is 25.2. The lowest BCUT2D eigenvalue weighted by Crippen LogP contribution is -2.41. The highest BCUT2D eigenvalue weighted by Gasteiger charge is 2.23. The number of aromatic nitrogens is 1. The fraction of sp³-hybridized carbons (Fsp3) is 0.324. The highest BCUT2D eigenvalue weighted by atomic mass is 19.1. The van der Waals surface area contributed by atoms with Crippen LogP contribution in [0.3, 0.4) is 0 Å². The number of nitrogens with one attached hydrogen (secondary N) is 1. The third-order valence-electron chi connectivity index (χ3n) is 7.93. The van der Waals surface area contributed by atoms with Crippen molar-refractivity contribution in [2.75, 3.05) is 38.3 Å². The van der Waals surface area contributed by atoms with Gasteiger partial charge >= 0.3 is 11.8 Å². The average Bonchev–Trinajstić information content (AvgIpc) is 3.02. The number of nitrogens with zero attached hydrogens (tertiary/aromatic N) is 2. The summed E-state index contributed by atoms with van der Waals surface area (Å²) in [6.45, 7) is 6.64. The summed E-state index contributed by atoms with van der Waals surface area (Å²) >= 11 is 0. The Hall–Kier alpha value is -4.70. The molecule has 0 atom stereocenters. The number of fused-ring (bicyclic) bond motifs is 1. The lowest BCUT2D eigenvalue weighted by molar-refractivity contribution is -0.135. The van der Waals surface area contributed by atoms with Crippen molar-refractivity contribution >= 4 is 28.4 Å². The smallest absolute Gasteiger partial charge is 0.316 e. The van der Waals surface area contributed by atoms with E-state index in [0.29, 0.717) is 47.1 Å². The van der Waals surface area contributed by atoms with E-state index in [1.54, 1.807) is 31.5 Å². The van der Waals surface area contributed by atoms with E-state index in [4.69, 9.17) is 19.9 Å². The highest BCUT2D eigenvalue weighted by Crippen LogP contribution is 2.38. The van der Waals surface area contributed by atoms with E-state index >= 15 is 4.39 Å². The van der Waals surface area contributed by atoms with Crippen molar-refractivity contribution in [1.82, 2.24) is 10.3 Å². The summed E-state index contributed by atoms with van der Waals surface area (Å²) in [5.74, 6) is -0.890. The van der Waals surface area contributed by atoms with Crippen molar-refractivity contribution in [2.45, 2.75) is 33.1 Å². The van der Waals surface area contributed by atoms with E-state index in [1.165, 1.54) is 17.0 Å². The first-order valence-electron chi connectivity index (χ1n) is 14.7. The minimum atomic E-state index is -1.12. The summed E-state index contributed by atoms with van der Waals surface area (Å²) in [5, 5.41) is 3.97. The first kappa shape index (κ1) is 30.7. The van der Waals surface area contributed by atoms with Crippen molar-refractivity contribution in [3.05, 3.63) is 83.3 Å². The van der Waals surface area contributed by atoms with Gasteiger partial charge in [0.05, 0.1) is 19.2 Å². The number of nitrogens with two attached hydrogens (primary N) is 1. The number of rotatable bonds is 10. The molecule has 0 saturated carbocycles. The first-order valence-corrected chi connectivity index (χ1v) is 14.7. The number of hydrogen-bond donors (Lipinski definition) is 2. The molecule has 0 aliphatic carbocycles. The number of methoxy groups -OCH3 is 1. The van der Waals surface area contributed by atoms with Crippen molar-refractivity contribution in [2.24, 2.45) is 11.7 Å². The van der Waals surface area contributed by atoms with Gasteiger partial charge in [-0.1, -0.05) is 23.8 Å². The van der Waals surface area contributed by atoms with Crippen LogP contribution in [-0.4, -0.2) is 50.1 Å². The maximum Gasteiger partial charge on any atom is 0.316 e. The van der Waals surface area contributed by atoms with E-state index in [2.05, 4.69) is 10.3 Å². The predicted octanol–water partition coefficient (Wildman–Crippen LogP) is 5.23. The van der Waals surface area contributed by atoms with Gasteiger partial charge in [0.25, 0.3) is 0 Å². The Morgan fingerprint density at radius 1 is 1.00 bits per heavy atom. The van der Waals surface area contributed by atoms with Gasteiger partial charge in [0, 0.05) is 35.9 Å². The molecule has 1 aromatic heterocycles. The SMILES string of the molecule is COc1cc2c(Oc3ccc(N(CCc4cc(C)ccc4C)C(=O)C(N)=O)cc3F)ccnc2cc1OCC1CCNCC1. The predicted molar refractivity (Wildman–Crippen MR) is 167 cm³/mol. The number of piperidine rings is 1. The van der Waals surface area contributed by atoms with Crippen LogP contribution in [0.4, 0.5) is 10.1 Å². The van der Waals surface area contributed by atoms with Crippen LogP contribution in [0.15, 0.2) is 60.8 Å². The van der Waals surface area contributed by atoms with E-state index in [1.807, 2.05) is 32.0 Å². The highest BCUT2D eigenvalue weighted by molar-refractivity contribution is 6.39. The van der Waals surface area contributed by atoms with E-state index in [0.717, 1.165) is 48.7 Å². The molecule has 1 fully saturated rings. The lowest BCUT2D eigenvalue weighted by atomic mass is 9.99. The molecular weight excluding hydrogens is 563 g/mol. The third-order valence-corrected chi connectivity index (χ3v) is 7.93. The van der Waals surface area contributed by atoms with Crippen molar-refractivity contribution in [1.29, 1.82) is 0 Å². The summed E-state index contributed by atoms with van der Waals surface area (Å²) in [4.78, 5) is 30.2. The summed E-state index contributed by atoms with van der Waals surface area (Å²) in [7, 11) is 1.56. The van der Waals surface area contributed by atoms with E-state index in [9.17, 15) is 9.59 Å². The number of amides is 2. The maximum absolute atomic E-state index is 15.5. The van der Waals surface area contributed by atoms with E-state index in [-0.39, 0.29) is 18.0 Å². The molecule has 9 nitrogen and oxygen atoms in total. The lowest BCUT2D eigenvalue weighted by Gasteiger charge is -2.23.